The summed E-state index contributed by atoms with van der Waals surface area (Å²) in [6, 6.07) is 5.81. The lowest BCUT2D eigenvalue weighted by Crippen LogP contribution is -2.57. The number of rotatable bonds is 8. The Bertz CT molecular complexity index is 771. The summed E-state index contributed by atoms with van der Waals surface area (Å²) in [5.74, 6) is 2.90. The van der Waals surface area contributed by atoms with Crippen LogP contribution < -0.4 is 14.8 Å². The van der Waals surface area contributed by atoms with Crippen molar-refractivity contribution in [1.29, 1.82) is 0 Å². The second-order valence-electron chi connectivity index (χ2n) is 8.39. The van der Waals surface area contributed by atoms with Crippen LogP contribution in [0.3, 0.4) is 0 Å². The molecule has 2 heterocycles. The summed E-state index contributed by atoms with van der Waals surface area (Å²) in [5.41, 5.74) is 1.09. The average Bonchev–Trinajstić information content (AvgIpc) is 3.37. The standard InChI is InChI=1S/C24H39N5O3/c1-5-25-24(26-11-10-20-18-21(31-3)8-9-22(20)32-4)29-16-14-27(15-17-29)19(2)23(30)28-12-6-7-13-28/h8-9,18-19H,5-7,10-17H2,1-4H3,(H,25,26). The van der Waals surface area contributed by atoms with E-state index in [-0.39, 0.29) is 11.9 Å². The van der Waals surface area contributed by atoms with Crippen LogP contribution in [0.25, 0.3) is 0 Å². The van der Waals surface area contributed by atoms with E-state index in [9.17, 15) is 4.79 Å². The second-order valence-corrected chi connectivity index (χ2v) is 8.39. The van der Waals surface area contributed by atoms with Gasteiger partial charge < -0.3 is 24.6 Å². The highest BCUT2D eigenvalue weighted by molar-refractivity contribution is 5.82. The number of nitrogens with one attached hydrogen (secondary N) is 1. The lowest BCUT2D eigenvalue weighted by molar-refractivity contribution is -0.135. The third-order valence-corrected chi connectivity index (χ3v) is 6.40. The van der Waals surface area contributed by atoms with E-state index in [1.54, 1.807) is 14.2 Å². The van der Waals surface area contributed by atoms with Gasteiger partial charge in [0.1, 0.15) is 11.5 Å². The van der Waals surface area contributed by atoms with Crippen LogP contribution in [0.5, 0.6) is 11.5 Å². The fourth-order valence-electron chi connectivity index (χ4n) is 4.46. The highest BCUT2D eigenvalue weighted by atomic mass is 16.5. The van der Waals surface area contributed by atoms with Crippen molar-refractivity contribution in [3.8, 4) is 11.5 Å². The minimum Gasteiger partial charge on any atom is -0.497 e. The number of benzene rings is 1. The van der Waals surface area contributed by atoms with E-state index in [0.29, 0.717) is 6.54 Å². The molecule has 1 amide bonds. The van der Waals surface area contributed by atoms with E-state index in [1.165, 1.54) is 0 Å². The molecular formula is C24H39N5O3. The summed E-state index contributed by atoms with van der Waals surface area (Å²) in [7, 11) is 3.36. The topological polar surface area (TPSA) is 69.6 Å². The van der Waals surface area contributed by atoms with Crippen molar-refractivity contribution < 1.29 is 14.3 Å². The summed E-state index contributed by atoms with van der Waals surface area (Å²) in [5, 5.41) is 3.43. The van der Waals surface area contributed by atoms with Crippen molar-refractivity contribution in [2.75, 3.05) is 66.6 Å². The van der Waals surface area contributed by atoms with Gasteiger partial charge in [0, 0.05) is 52.4 Å². The molecule has 2 saturated heterocycles. The van der Waals surface area contributed by atoms with Crippen LogP contribution in [0.15, 0.2) is 23.2 Å². The molecule has 2 aliphatic heterocycles. The van der Waals surface area contributed by atoms with Gasteiger partial charge in [-0.05, 0) is 56.9 Å². The molecule has 0 spiro atoms. The normalized spacial score (nSPS) is 18.6. The number of likely N-dealkylation sites (tertiary alicyclic amines) is 1. The van der Waals surface area contributed by atoms with Crippen molar-refractivity contribution >= 4 is 11.9 Å². The number of carbonyl (C=O) groups is 1. The monoisotopic (exact) mass is 445 g/mol. The van der Waals surface area contributed by atoms with Crippen molar-refractivity contribution in [2.45, 2.75) is 39.2 Å². The highest BCUT2D eigenvalue weighted by Gasteiger charge is 2.30. The number of hydrogen-bond donors (Lipinski definition) is 1. The van der Waals surface area contributed by atoms with E-state index < -0.39 is 0 Å². The maximum atomic E-state index is 12.8. The van der Waals surface area contributed by atoms with Crippen LogP contribution >= 0.6 is 0 Å². The molecule has 8 nitrogen and oxygen atoms in total. The van der Waals surface area contributed by atoms with Crippen molar-refractivity contribution in [2.24, 2.45) is 4.99 Å². The molecule has 8 heteroatoms. The summed E-state index contributed by atoms with van der Waals surface area (Å²) < 4.78 is 10.8. The number of hydrogen-bond acceptors (Lipinski definition) is 5. The van der Waals surface area contributed by atoms with Crippen molar-refractivity contribution in [1.82, 2.24) is 20.0 Å². The minimum atomic E-state index is -0.0460. The Balaban J connectivity index is 1.56. The van der Waals surface area contributed by atoms with Gasteiger partial charge in [0.05, 0.1) is 20.3 Å². The molecule has 3 rings (SSSR count). The van der Waals surface area contributed by atoms with Crippen LogP contribution in [0.1, 0.15) is 32.3 Å². The first-order chi connectivity index (χ1) is 15.6. The Hall–Kier alpha value is -2.48. The lowest BCUT2D eigenvalue weighted by Gasteiger charge is -2.39. The first-order valence-corrected chi connectivity index (χ1v) is 11.8. The number of ether oxygens (including phenoxy) is 2. The Morgan fingerprint density at radius 3 is 2.41 bits per heavy atom. The lowest BCUT2D eigenvalue weighted by atomic mass is 10.1. The number of piperazine rings is 1. The van der Waals surface area contributed by atoms with E-state index in [0.717, 1.165) is 88.1 Å². The Morgan fingerprint density at radius 2 is 1.78 bits per heavy atom. The molecule has 0 saturated carbocycles. The van der Waals surface area contributed by atoms with Crippen LogP contribution in [-0.4, -0.2) is 99.2 Å². The minimum absolute atomic E-state index is 0.0460. The SMILES string of the molecule is CCNC(=NCCc1cc(OC)ccc1OC)N1CCN(C(C)C(=O)N2CCCC2)CC1. The zero-order valence-corrected chi connectivity index (χ0v) is 20.1. The van der Waals surface area contributed by atoms with Gasteiger partial charge in [-0.1, -0.05) is 0 Å². The Labute approximate surface area is 192 Å². The summed E-state index contributed by atoms with van der Waals surface area (Å²) in [4.78, 5) is 24.3. The number of carbonyl (C=O) groups excluding carboxylic acids is 1. The molecule has 178 valence electrons. The Morgan fingerprint density at radius 1 is 1.06 bits per heavy atom. The van der Waals surface area contributed by atoms with Gasteiger partial charge in [-0.15, -0.1) is 0 Å². The number of guanidine groups is 1. The van der Waals surface area contributed by atoms with Crippen LogP contribution in [0, 0.1) is 0 Å². The van der Waals surface area contributed by atoms with Gasteiger partial charge in [0.25, 0.3) is 0 Å². The maximum absolute atomic E-state index is 12.8. The summed E-state index contributed by atoms with van der Waals surface area (Å²) in [6.45, 7) is 10.9. The van der Waals surface area contributed by atoms with Crippen LogP contribution in [0.4, 0.5) is 0 Å². The molecule has 0 aromatic heterocycles. The van der Waals surface area contributed by atoms with Gasteiger partial charge in [-0.25, -0.2) is 0 Å². The summed E-state index contributed by atoms with van der Waals surface area (Å²) >= 11 is 0. The summed E-state index contributed by atoms with van der Waals surface area (Å²) in [6.07, 6.45) is 3.05. The maximum Gasteiger partial charge on any atom is 0.239 e. The van der Waals surface area contributed by atoms with Gasteiger partial charge in [0.15, 0.2) is 5.96 Å². The second kappa shape index (κ2) is 11.9. The predicted molar refractivity (Wildman–Crippen MR) is 128 cm³/mol. The van der Waals surface area contributed by atoms with Gasteiger partial charge in [-0.3, -0.25) is 14.7 Å². The number of methoxy groups -OCH3 is 2. The highest BCUT2D eigenvalue weighted by Crippen LogP contribution is 2.24. The third kappa shape index (κ3) is 6.06. The molecular weight excluding hydrogens is 406 g/mol. The van der Waals surface area contributed by atoms with E-state index in [2.05, 4.69) is 29.0 Å². The van der Waals surface area contributed by atoms with Crippen LogP contribution in [-0.2, 0) is 11.2 Å². The molecule has 2 aliphatic rings. The van der Waals surface area contributed by atoms with E-state index >= 15 is 0 Å². The molecule has 0 bridgehead atoms. The number of nitrogens with zero attached hydrogens (tertiary/aromatic N) is 4. The fourth-order valence-corrected chi connectivity index (χ4v) is 4.46. The van der Waals surface area contributed by atoms with E-state index in [1.807, 2.05) is 23.1 Å². The largest absolute Gasteiger partial charge is 0.497 e. The Kier molecular flexibility index (Phi) is 9.02. The molecule has 1 unspecified atom stereocenters. The fraction of sp³-hybridized carbons (Fsp3) is 0.667. The molecule has 0 aliphatic carbocycles. The third-order valence-electron chi connectivity index (χ3n) is 6.40. The van der Waals surface area contributed by atoms with Gasteiger partial charge >= 0.3 is 0 Å². The van der Waals surface area contributed by atoms with Crippen molar-refractivity contribution in [3.05, 3.63) is 23.8 Å². The molecule has 1 aromatic rings. The predicted octanol–water partition coefficient (Wildman–Crippen LogP) is 1.84. The van der Waals surface area contributed by atoms with Gasteiger partial charge in [-0.2, -0.15) is 0 Å². The average molecular weight is 446 g/mol. The zero-order valence-electron chi connectivity index (χ0n) is 20.1. The first-order valence-electron chi connectivity index (χ1n) is 11.8. The van der Waals surface area contributed by atoms with Crippen molar-refractivity contribution in [3.63, 3.8) is 0 Å². The molecule has 0 radical (unpaired) electrons. The first kappa shape index (κ1) is 24.2. The molecule has 2 fully saturated rings. The molecule has 1 atom stereocenters. The quantitative estimate of drug-likeness (QED) is 0.486. The molecule has 1 N–H and O–H groups in total. The number of aliphatic imine (C=N–C) groups is 1. The molecule has 32 heavy (non-hydrogen) atoms. The molecule has 1 aromatic carbocycles. The van der Waals surface area contributed by atoms with Gasteiger partial charge in [0.2, 0.25) is 5.91 Å². The smallest absolute Gasteiger partial charge is 0.239 e. The zero-order chi connectivity index (χ0) is 22.9. The van der Waals surface area contributed by atoms with E-state index in [4.69, 9.17) is 14.5 Å². The van der Waals surface area contributed by atoms with Crippen LogP contribution in [0.2, 0.25) is 0 Å². The number of amides is 1.